The summed E-state index contributed by atoms with van der Waals surface area (Å²) < 4.78 is 66.5. The van der Waals surface area contributed by atoms with E-state index in [1.54, 1.807) is 0 Å². The molecule has 0 fully saturated rings. The van der Waals surface area contributed by atoms with Crippen LogP contribution in [0.3, 0.4) is 0 Å². The summed E-state index contributed by atoms with van der Waals surface area (Å²) in [7, 11) is 0. The highest BCUT2D eigenvalue weighted by atomic mass is 19.4. The summed E-state index contributed by atoms with van der Waals surface area (Å²) in [5.74, 6) is -2.37. The van der Waals surface area contributed by atoms with Crippen LogP contribution in [0, 0.1) is 11.6 Å². The van der Waals surface area contributed by atoms with E-state index in [-0.39, 0.29) is 17.4 Å². The van der Waals surface area contributed by atoms with Gasteiger partial charge in [-0.15, -0.1) is 13.2 Å². The first-order chi connectivity index (χ1) is 9.80. The van der Waals surface area contributed by atoms with Gasteiger partial charge in [-0.3, -0.25) is 4.79 Å². The molecule has 110 valence electrons. The average molecular weight is 302 g/mol. The minimum Gasteiger partial charge on any atom is -0.405 e. The summed E-state index contributed by atoms with van der Waals surface area (Å²) in [6.45, 7) is 0. The summed E-state index contributed by atoms with van der Waals surface area (Å²) in [6.07, 6.45) is -4.79. The van der Waals surface area contributed by atoms with Gasteiger partial charge < -0.3 is 4.74 Å². The number of aldehydes is 1. The third-order valence-corrected chi connectivity index (χ3v) is 2.60. The maximum atomic E-state index is 13.6. The summed E-state index contributed by atoms with van der Waals surface area (Å²) in [5.41, 5.74) is -0.310. The van der Waals surface area contributed by atoms with Crippen molar-refractivity contribution < 1.29 is 31.5 Å². The number of carbonyl (C=O) groups is 1. The Balaban J connectivity index is 2.46. The number of alkyl halides is 3. The van der Waals surface area contributed by atoms with Crippen LogP contribution in [-0.4, -0.2) is 12.6 Å². The van der Waals surface area contributed by atoms with Gasteiger partial charge >= 0.3 is 6.36 Å². The van der Waals surface area contributed by atoms with E-state index in [1.807, 2.05) is 0 Å². The first kappa shape index (κ1) is 15.0. The maximum Gasteiger partial charge on any atom is 0.573 e. The van der Waals surface area contributed by atoms with Gasteiger partial charge in [0, 0.05) is 11.6 Å². The molecule has 21 heavy (non-hydrogen) atoms. The van der Waals surface area contributed by atoms with Gasteiger partial charge in [-0.25, -0.2) is 8.78 Å². The van der Waals surface area contributed by atoms with Gasteiger partial charge in [0.1, 0.15) is 17.4 Å². The molecule has 7 heteroatoms. The van der Waals surface area contributed by atoms with Crippen LogP contribution in [0.1, 0.15) is 10.4 Å². The van der Waals surface area contributed by atoms with Gasteiger partial charge in [0.2, 0.25) is 0 Å². The number of rotatable bonds is 3. The van der Waals surface area contributed by atoms with E-state index in [2.05, 4.69) is 4.74 Å². The minimum absolute atomic E-state index is 0.0435. The summed E-state index contributed by atoms with van der Waals surface area (Å²) in [6, 6.07) is 5.83. The van der Waals surface area contributed by atoms with E-state index >= 15 is 0 Å². The zero-order valence-electron chi connectivity index (χ0n) is 10.2. The predicted octanol–water partition coefficient (Wildman–Crippen LogP) is 4.34. The Kier molecular flexibility index (Phi) is 3.93. The van der Waals surface area contributed by atoms with Crippen molar-refractivity contribution in [3.8, 4) is 16.9 Å². The number of hydrogen-bond donors (Lipinski definition) is 0. The lowest BCUT2D eigenvalue weighted by atomic mass is 10.0. The molecular formula is C14H7F5O2. The average Bonchev–Trinajstić information content (AvgIpc) is 2.38. The second-order valence-electron chi connectivity index (χ2n) is 4.04. The fourth-order valence-corrected chi connectivity index (χ4v) is 1.75. The smallest absolute Gasteiger partial charge is 0.405 e. The molecule has 0 N–H and O–H groups in total. The van der Waals surface area contributed by atoms with Crippen LogP contribution in [0.15, 0.2) is 36.4 Å². The largest absolute Gasteiger partial charge is 0.573 e. The summed E-state index contributed by atoms with van der Waals surface area (Å²) in [5, 5.41) is 0. The van der Waals surface area contributed by atoms with Crippen molar-refractivity contribution in [2.45, 2.75) is 6.36 Å². The van der Waals surface area contributed by atoms with E-state index in [0.717, 1.165) is 30.3 Å². The lowest BCUT2D eigenvalue weighted by Crippen LogP contribution is -2.18. The highest BCUT2D eigenvalue weighted by Gasteiger charge is 2.32. The van der Waals surface area contributed by atoms with E-state index in [0.29, 0.717) is 6.07 Å². The van der Waals surface area contributed by atoms with Gasteiger partial charge in [0.25, 0.3) is 0 Å². The van der Waals surface area contributed by atoms with Crippen molar-refractivity contribution in [1.29, 1.82) is 0 Å². The van der Waals surface area contributed by atoms with Gasteiger partial charge in [-0.1, -0.05) is 6.07 Å². The molecule has 0 radical (unpaired) electrons. The Bertz CT molecular complexity index is 680. The molecule has 0 aromatic heterocycles. The van der Waals surface area contributed by atoms with Gasteiger partial charge in [0.15, 0.2) is 6.29 Å². The first-order valence-corrected chi connectivity index (χ1v) is 5.60. The standard InChI is InChI=1S/C14H7F5O2/c15-10-2-3-11(12(16)6-10)8-1-4-13(9(5-8)7-20)21-14(17,18)19/h1-7H. The zero-order valence-corrected chi connectivity index (χ0v) is 10.2. The number of carbonyl (C=O) groups excluding carboxylic acids is 1. The number of ether oxygens (including phenoxy) is 1. The van der Waals surface area contributed by atoms with Crippen molar-refractivity contribution in [3.63, 3.8) is 0 Å². The Labute approximate surface area is 115 Å². The van der Waals surface area contributed by atoms with E-state index in [4.69, 9.17) is 0 Å². The van der Waals surface area contributed by atoms with Crippen LogP contribution in [0.4, 0.5) is 22.0 Å². The molecule has 0 heterocycles. The normalized spacial score (nSPS) is 11.3. The lowest BCUT2D eigenvalue weighted by Gasteiger charge is -2.12. The fraction of sp³-hybridized carbons (Fsp3) is 0.0714. The summed E-state index contributed by atoms with van der Waals surface area (Å²) in [4.78, 5) is 10.8. The molecule has 0 aliphatic carbocycles. The van der Waals surface area contributed by atoms with Crippen LogP contribution in [0.25, 0.3) is 11.1 Å². The van der Waals surface area contributed by atoms with Crippen LogP contribution < -0.4 is 4.74 Å². The van der Waals surface area contributed by atoms with Gasteiger partial charge in [-0.2, -0.15) is 0 Å². The second kappa shape index (κ2) is 5.51. The van der Waals surface area contributed by atoms with E-state index < -0.39 is 29.3 Å². The quantitative estimate of drug-likeness (QED) is 0.622. The Morgan fingerprint density at radius 1 is 1.00 bits per heavy atom. The Morgan fingerprint density at radius 3 is 2.29 bits per heavy atom. The predicted molar refractivity (Wildman–Crippen MR) is 63.9 cm³/mol. The van der Waals surface area contributed by atoms with Crippen molar-refractivity contribution in [3.05, 3.63) is 53.6 Å². The number of hydrogen-bond acceptors (Lipinski definition) is 2. The number of benzene rings is 2. The molecule has 2 aromatic carbocycles. The molecule has 0 spiro atoms. The molecule has 2 nitrogen and oxygen atoms in total. The van der Waals surface area contributed by atoms with Crippen molar-refractivity contribution in [1.82, 2.24) is 0 Å². The highest BCUT2D eigenvalue weighted by molar-refractivity contribution is 5.83. The molecule has 0 amide bonds. The van der Waals surface area contributed by atoms with E-state index in [9.17, 15) is 26.7 Å². The van der Waals surface area contributed by atoms with Crippen LogP contribution >= 0.6 is 0 Å². The summed E-state index contributed by atoms with van der Waals surface area (Å²) >= 11 is 0. The second-order valence-corrected chi connectivity index (χ2v) is 4.04. The highest BCUT2D eigenvalue weighted by Crippen LogP contribution is 2.31. The topological polar surface area (TPSA) is 26.3 Å². The van der Waals surface area contributed by atoms with E-state index in [1.165, 1.54) is 0 Å². The monoisotopic (exact) mass is 302 g/mol. The molecule has 0 atom stereocenters. The third-order valence-electron chi connectivity index (χ3n) is 2.60. The molecule has 0 aliphatic rings. The molecule has 0 aliphatic heterocycles. The van der Waals surface area contributed by atoms with Crippen molar-refractivity contribution in [2.75, 3.05) is 0 Å². The Hall–Kier alpha value is -2.44. The SMILES string of the molecule is O=Cc1cc(-c2ccc(F)cc2F)ccc1OC(F)(F)F. The minimum atomic E-state index is -4.94. The molecule has 0 saturated heterocycles. The molecule has 0 unspecified atom stereocenters. The Morgan fingerprint density at radius 2 is 1.71 bits per heavy atom. The zero-order chi connectivity index (χ0) is 15.6. The molecular weight excluding hydrogens is 295 g/mol. The van der Waals surface area contributed by atoms with Gasteiger partial charge in [0.05, 0.1) is 5.56 Å². The van der Waals surface area contributed by atoms with Crippen molar-refractivity contribution in [2.24, 2.45) is 0 Å². The van der Waals surface area contributed by atoms with Crippen LogP contribution in [0.2, 0.25) is 0 Å². The molecule has 0 saturated carbocycles. The van der Waals surface area contributed by atoms with Crippen molar-refractivity contribution >= 4 is 6.29 Å². The van der Waals surface area contributed by atoms with Gasteiger partial charge in [-0.05, 0) is 29.8 Å². The first-order valence-electron chi connectivity index (χ1n) is 5.60. The van der Waals surface area contributed by atoms with Crippen LogP contribution in [-0.2, 0) is 0 Å². The maximum absolute atomic E-state index is 13.6. The third kappa shape index (κ3) is 3.56. The number of halogens is 5. The lowest BCUT2D eigenvalue weighted by molar-refractivity contribution is -0.274. The van der Waals surface area contributed by atoms with Crippen LogP contribution in [0.5, 0.6) is 5.75 Å². The fourth-order valence-electron chi connectivity index (χ4n) is 1.75. The molecule has 2 aromatic rings. The molecule has 0 bridgehead atoms. The molecule has 2 rings (SSSR count).